The number of hydrogen-bond acceptors (Lipinski definition) is 5. The second-order valence-corrected chi connectivity index (χ2v) is 6.27. The minimum Gasteiger partial charge on any atom is -0.466 e. The van der Waals surface area contributed by atoms with Gasteiger partial charge in [-0.2, -0.15) is 0 Å². The number of nitrogens with one attached hydrogen (secondary N) is 2. The number of fused-ring (bicyclic) bond motifs is 1. The smallest absolute Gasteiger partial charge is 0.193 e. The summed E-state index contributed by atoms with van der Waals surface area (Å²) in [4.78, 5) is 2.28. The zero-order valence-electron chi connectivity index (χ0n) is 13.4. The fourth-order valence-corrected chi connectivity index (χ4v) is 3.20. The predicted molar refractivity (Wildman–Crippen MR) is 91.8 cm³/mol. The summed E-state index contributed by atoms with van der Waals surface area (Å²) in [6, 6.07) is 5.98. The number of nitrogens with zero attached hydrogens (tertiary/aromatic N) is 1. The standard InChI is InChI=1S/C18H23N3O2/c1-13(20-22)5-6-15-7-8-17-16(11-15)14(2)19-18(23-17)9-4-10-21(3)12-18/h5-8,11,19-20,22H,1-2,4,9-10,12H2,3H3/b6-5+. The Hall–Kier alpha value is -2.24. The minimum absolute atomic E-state index is 0.371. The number of likely N-dealkylation sites (N-methyl/N-ethyl adjacent to an activating group) is 1. The SMILES string of the molecule is C=C(/C=C/c1ccc2c(c1)C(=C)NC1(CCCN(C)C1)O2)NO. The molecule has 0 saturated carbocycles. The second kappa shape index (κ2) is 6.10. The maximum atomic E-state index is 8.76. The third kappa shape index (κ3) is 3.25. The monoisotopic (exact) mass is 313 g/mol. The van der Waals surface area contributed by atoms with Gasteiger partial charge in [-0.3, -0.25) is 10.7 Å². The number of hydrogen-bond donors (Lipinski definition) is 3. The van der Waals surface area contributed by atoms with Crippen molar-refractivity contribution in [2.75, 3.05) is 20.1 Å². The van der Waals surface area contributed by atoms with Crippen molar-refractivity contribution in [2.45, 2.75) is 18.6 Å². The molecule has 2 heterocycles. The highest BCUT2D eigenvalue weighted by Gasteiger charge is 2.40. The van der Waals surface area contributed by atoms with Crippen molar-refractivity contribution in [3.05, 3.63) is 54.3 Å². The lowest BCUT2D eigenvalue weighted by Crippen LogP contribution is -2.60. The Balaban J connectivity index is 1.85. The molecule has 3 rings (SSSR count). The molecule has 1 aromatic carbocycles. The second-order valence-electron chi connectivity index (χ2n) is 6.27. The van der Waals surface area contributed by atoms with Gasteiger partial charge in [-0.15, -0.1) is 0 Å². The highest BCUT2D eigenvalue weighted by Crippen LogP contribution is 2.37. The van der Waals surface area contributed by atoms with Crippen LogP contribution in [0.25, 0.3) is 11.8 Å². The normalized spacial score (nSPS) is 24.2. The summed E-state index contributed by atoms with van der Waals surface area (Å²) < 4.78 is 6.30. The summed E-state index contributed by atoms with van der Waals surface area (Å²) >= 11 is 0. The molecular formula is C18H23N3O2. The molecule has 2 aliphatic heterocycles. The average molecular weight is 313 g/mol. The summed E-state index contributed by atoms with van der Waals surface area (Å²) in [5, 5.41) is 12.2. The number of ether oxygens (including phenoxy) is 1. The molecule has 5 nitrogen and oxygen atoms in total. The van der Waals surface area contributed by atoms with Crippen LogP contribution < -0.4 is 15.5 Å². The van der Waals surface area contributed by atoms with E-state index in [0.29, 0.717) is 5.70 Å². The van der Waals surface area contributed by atoms with Gasteiger partial charge in [0.15, 0.2) is 5.72 Å². The molecule has 1 spiro atoms. The van der Waals surface area contributed by atoms with Gasteiger partial charge < -0.3 is 15.0 Å². The highest BCUT2D eigenvalue weighted by atomic mass is 16.5. The average Bonchev–Trinajstić information content (AvgIpc) is 2.52. The number of rotatable bonds is 3. The van der Waals surface area contributed by atoms with E-state index in [0.717, 1.165) is 48.5 Å². The molecule has 1 atom stereocenters. The Morgan fingerprint density at radius 3 is 3.09 bits per heavy atom. The van der Waals surface area contributed by atoms with Crippen molar-refractivity contribution >= 4 is 11.8 Å². The molecule has 0 radical (unpaired) electrons. The molecule has 1 unspecified atom stereocenters. The van der Waals surface area contributed by atoms with E-state index in [4.69, 9.17) is 9.94 Å². The van der Waals surface area contributed by atoms with Crippen molar-refractivity contribution in [3.63, 3.8) is 0 Å². The first-order valence-corrected chi connectivity index (χ1v) is 7.77. The Morgan fingerprint density at radius 1 is 1.52 bits per heavy atom. The Morgan fingerprint density at radius 2 is 2.35 bits per heavy atom. The minimum atomic E-state index is -0.371. The van der Waals surface area contributed by atoms with E-state index in [-0.39, 0.29) is 5.72 Å². The van der Waals surface area contributed by atoms with Crippen molar-refractivity contribution in [2.24, 2.45) is 0 Å². The third-order valence-corrected chi connectivity index (χ3v) is 4.28. The summed E-state index contributed by atoms with van der Waals surface area (Å²) in [6.45, 7) is 9.76. The summed E-state index contributed by atoms with van der Waals surface area (Å²) in [6.07, 6.45) is 5.65. The van der Waals surface area contributed by atoms with E-state index >= 15 is 0 Å². The molecule has 122 valence electrons. The number of likely N-dealkylation sites (tertiary alicyclic amines) is 1. The Labute approximate surface area is 136 Å². The molecule has 0 aliphatic carbocycles. The zero-order chi connectivity index (χ0) is 16.4. The fraction of sp³-hybridized carbons (Fsp3) is 0.333. The largest absolute Gasteiger partial charge is 0.466 e. The zero-order valence-corrected chi connectivity index (χ0v) is 13.4. The number of piperidine rings is 1. The van der Waals surface area contributed by atoms with Crippen LogP contribution in [0.5, 0.6) is 5.75 Å². The van der Waals surface area contributed by atoms with Gasteiger partial charge in [-0.25, -0.2) is 0 Å². The molecule has 2 aliphatic rings. The number of benzene rings is 1. The van der Waals surface area contributed by atoms with Gasteiger partial charge in [0, 0.05) is 17.7 Å². The summed E-state index contributed by atoms with van der Waals surface area (Å²) in [7, 11) is 2.11. The quantitative estimate of drug-likeness (QED) is 0.591. The molecule has 23 heavy (non-hydrogen) atoms. The first-order valence-electron chi connectivity index (χ1n) is 7.77. The Bertz CT molecular complexity index is 668. The van der Waals surface area contributed by atoms with Crippen LogP contribution in [0.4, 0.5) is 0 Å². The maximum Gasteiger partial charge on any atom is 0.193 e. The fourth-order valence-electron chi connectivity index (χ4n) is 3.20. The van der Waals surface area contributed by atoms with Crippen LogP contribution in [0.3, 0.4) is 0 Å². The maximum absolute atomic E-state index is 8.76. The lowest BCUT2D eigenvalue weighted by Gasteiger charge is -2.46. The van der Waals surface area contributed by atoms with E-state index in [9.17, 15) is 0 Å². The van der Waals surface area contributed by atoms with Gasteiger partial charge >= 0.3 is 0 Å². The molecule has 0 bridgehead atoms. The van der Waals surface area contributed by atoms with Gasteiger partial charge in [0.25, 0.3) is 0 Å². The van der Waals surface area contributed by atoms with Gasteiger partial charge in [0.1, 0.15) is 5.75 Å². The van der Waals surface area contributed by atoms with E-state index in [1.54, 1.807) is 6.08 Å². The van der Waals surface area contributed by atoms with Crippen molar-refractivity contribution in [1.29, 1.82) is 0 Å². The molecule has 3 N–H and O–H groups in total. The van der Waals surface area contributed by atoms with Crippen molar-refractivity contribution in [3.8, 4) is 5.75 Å². The first-order chi connectivity index (χ1) is 11.0. The van der Waals surface area contributed by atoms with Gasteiger partial charge in [-0.1, -0.05) is 25.3 Å². The van der Waals surface area contributed by atoms with Crippen LogP contribution in [-0.2, 0) is 0 Å². The van der Waals surface area contributed by atoms with Crippen LogP contribution in [0.1, 0.15) is 24.0 Å². The van der Waals surface area contributed by atoms with Crippen LogP contribution in [0, 0.1) is 0 Å². The number of hydroxylamine groups is 1. The molecule has 0 amide bonds. The topological polar surface area (TPSA) is 56.8 Å². The van der Waals surface area contributed by atoms with E-state index < -0.39 is 0 Å². The predicted octanol–water partition coefficient (Wildman–Crippen LogP) is 2.57. The molecule has 1 fully saturated rings. The summed E-state index contributed by atoms with van der Waals surface area (Å²) in [5.74, 6) is 0.861. The summed E-state index contributed by atoms with van der Waals surface area (Å²) in [5.41, 5.74) is 4.91. The lowest BCUT2D eigenvalue weighted by molar-refractivity contribution is -0.0204. The third-order valence-electron chi connectivity index (χ3n) is 4.28. The van der Waals surface area contributed by atoms with Crippen LogP contribution in [0.15, 0.2) is 43.1 Å². The van der Waals surface area contributed by atoms with Gasteiger partial charge in [-0.05, 0) is 43.8 Å². The molecule has 1 aromatic rings. The molecule has 1 saturated heterocycles. The van der Waals surface area contributed by atoms with Crippen LogP contribution >= 0.6 is 0 Å². The lowest BCUT2D eigenvalue weighted by atomic mass is 9.96. The van der Waals surface area contributed by atoms with Crippen molar-refractivity contribution in [1.82, 2.24) is 15.7 Å². The van der Waals surface area contributed by atoms with Crippen LogP contribution in [0.2, 0.25) is 0 Å². The highest BCUT2D eigenvalue weighted by molar-refractivity contribution is 5.72. The molecule has 0 aromatic heterocycles. The number of allylic oxidation sites excluding steroid dienone is 1. The van der Waals surface area contributed by atoms with Crippen LogP contribution in [-0.4, -0.2) is 36.0 Å². The first kappa shape index (κ1) is 15.6. The van der Waals surface area contributed by atoms with E-state index in [1.165, 1.54) is 0 Å². The van der Waals surface area contributed by atoms with Gasteiger partial charge in [0.2, 0.25) is 0 Å². The van der Waals surface area contributed by atoms with E-state index in [2.05, 4.69) is 30.4 Å². The molecule has 5 heteroatoms. The van der Waals surface area contributed by atoms with E-state index in [1.807, 2.05) is 29.8 Å². The van der Waals surface area contributed by atoms with Crippen molar-refractivity contribution < 1.29 is 9.94 Å². The Kier molecular flexibility index (Phi) is 4.15. The molecular weight excluding hydrogens is 290 g/mol. The van der Waals surface area contributed by atoms with Gasteiger partial charge in [0.05, 0.1) is 12.2 Å².